The standard InChI is InChI=1S/C13H16F4N2.ClH/c14-9-2-1-3-10(15)13(9)11(8-12(16)17)19-6-4-18-5-7-19;/h1-3,11-12,18H,4-8H2;1H/t11-;/m1./s1. The van der Waals surface area contributed by atoms with Crippen LogP contribution >= 0.6 is 12.4 Å². The molecule has 0 bridgehead atoms. The summed E-state index contributed by atoms with van der Waals surface area (Å²) in [6, 6.07) is 2.55. The molecule has 1 aliphatic rings. The predicted molar refractivity (Wildman–Crippen MR) is 71.4 cm³/mol. The van der Waals surface area contributed by atoms with E-state index in [1.54, 1.807) is 4.90 Å². The average Bonchev–Trinajstić information content (AvgIpc) is 2.38. The molecule has 0 radical (unpaired) electrons. The van der Waals surface area contributed by atoms with E-state index in [0.717, 1.165) is 12.1 Å². The van der Waals surface area contributed by atoms with Crippen molar-refractivity contribution in [2.45, 2.75) is 18.9 Å². The molecule has 2 nitrogen and oxygen atoms in total. The summed E-state index contributed by atoms with van der Waals surface area (Å²) in [6.07, 6.45) is -3.16. The lowest BCUT2D eigenvalue weighted by Gasteiger charge is -2.35. The van der Waals surface area contributed by atoms with Crippen molar-refractivity contribution in [3.63, 3.8) is 0 Å². The van der Waals surface area contributed by atoms with Gasteiger partial charge in [0.15, 0.2) is 0 Å². The van der Waals surface area contributed by atoms with E-state index >= 15 is 0 Å². The van der Waals surface area contributed by atoms with E-state index in [4.69, 9.17) is 0 Å². The SMILES string of the molecule is Cl.Fc1cccc(F)c1[C@@H](CC(F)F)N1CCNCC1. The van der Waals surface area contributed by atoms with Gasteiger partial charge in [-0.15, -0.1) is 12.4 Å². The van der Waals surface area contributed by atoms with E-state index in [1.807, 2.05) is 0 Å². The van der Waals surface area contributed by atoms with Crippen molar-refractivity contribution in [3.05, 3.63) is 35.4 Å². The van der Waals surface area contributed by atoms with Crippen molar-refractivity contribution in [3.8, 4) is 0 Å². The van der Waals surface area contributed by atoms with Gasteiger partial charge in [-0.1, -0.05) is 6.07 Å². The molecule has 0 aromatic heterocycles. The van der Waals surface area contributed by atoms with Crippen LogP contribution in [0.3, 0.4) is 0 Å². The van der Waals surface area contributed by atoms with Crippen LogP contribution in [-0.4, -0.2) is 37.5 Å². The van der Waals surface area contributed by atoms with Crippen LogP contribution in [0.15, 0.2) is 18.2 Å². The second-order valence-corrected chi connectivity index (χ2v) is 4.56. The number of nitrogens with zero attached hydrogens (tertiary/aromatic N) is 1. The third-order valence-corrected chi connectivity index (χ3v) is 3.33. The lowest BCUT2D eigenvalue weighted by molar-refractivity contribution is 0.0710. The minimum atomic E-state index is -2.60. The van der Waals surface area contributed by atoms with Gasteiger partial charge in [0.05, 0.1) is 0 Å². The fourth-order valence-corrected chi connectivity index (χ4v) is 2.44. The Labute approximate surface area is 121 Å². The molecule has 0 amide bonds. The summed E-state index contributed by atoms with van der Waals surface area (Å²) in [5, 5.41) is 3.09. The summed E-state index contributed by atoms with van der Waals surface area (Å²) >= 11 is 0. The molecule has 1 aromatic rings. The van der Waals surface area contributed by atoms with Crippen LogP contribution in [0.25, 0.3) is 0 Å². The molecule has 7 heteroatoms. The Hall–Kier alpha value is -0.850. The van der Waals surface area contributed by atoms with Gasteiger partial charge in [0.25, 0.3) is 0 Å². The van der Waals surface area contributed by atoms with Crippen molar-refractivity contribution in [2.24, 2.45) is 0 Å². The number of hydrogen-bond donors (Lipinski definition) is 1. The van der Waals surface area contributed by atoms with Crippen molar-refractivity contribution in [1.82, 2.24) is 10.2 Å². The molecular formula is C13H17ClF4N2. The van der Waals surface area contributed by atoms with E-state index in [2.05, 4.69) is 5.32 Å². The molecule has 0 aliphatic carbocycles. The molecule has 20 heavy (non-hydrogen) atoms. The zero-order valence-electron chi connectivity index (χ0n) is 10.8. The Morgan fingerprint density at radius 1 is 1.10 bits per heavy atom. The van der Waals surface area contributed by atoms with E-state index in [1.165, 1.54) is 6.07 Å². The maximum absolute atomic E-state index is 13.8. The van der Waals surface area contributed by atoms with Crippen LogP contribution in [0.2, 0.25) is 0 Å². The first-order valence-corrected chi connectivity index (χ1v) is 6.26. The molecule has 1 saturated heterocycles. The topological polar surface area (TPSA) is 15.3 Å². The number of benzene rings is 1. The molecule has 1 aliphatic heterocycles. The van der Waals surface area contributed by atoms with Gasteiger partial charge in [0, 0.05) is 44.2 Å². The molecule has 1 aromatic carbocycles. The van der Waals surface area contributed by atoms with E-state index < -0.39 is 30.5 Å². The first-order chi connectivity index (χ1) is 9.09. The van der Waals surface area contributed by atoms with Crippen LogP contribution in [-0.2, 0) is 0 Å². The number of rotatable bonds is 4. The van der Waals surface area contributed by atoms with Crippen LogP contribution in [0.1, 0.15) is 18.0 Å². The summed E-state index contributed by atoms with van der Waals surface area (Å²) in [7, 11) is 0. The third-order valence-electron chi connectivity index (χ3n) is 3.33. The number of alkyl halides is 2. The molecule has 0 saturated carbocycles. The Kier molecular flexibility index (Phi) is 6.71. The fourth-order valence-electron chi connectivity index (χ4n) is 2.44. The molecule has 1 N–H and O–H groups in total. The van der Waals surface area contributed by atoms with E-state index in [-0.39, 0.29) is 18.0 Å². The fraction of sp³-hybridized carbons (Fsp3) is 0.538. The minimum absolute atomic E-state index is 0. The molecule has 0 spiro atoms. The zero-order chi connectivity index (χ0) is 13.8. The van der Waals surface area contributed by atoms with Crippen LogP contribution in [0, 0.1) is 11.6 Å². The van der Waals surface area contributed by atoms with E-state index in [0.29, 0.717) is 26.2 Å². The zero-order valence-corrected chi connectivity index (χ0v) is 11.6. The second kappa shape index (κ2) is 7.81. The minimum Gasteiger partial charge on any atom is -0.314 e. The van der Waals surface area contributed by atoms with Gasteiger partial charge in [-0.05, 0) is 12.1 Å². The summed E-state index contributed by atoms with van der Waals surface area (Å²) < 4.78 is 53.0. The van der Waals surface area contributed by atoms with Gasteiger partial charge >= 0.3 is 0 Å². The molecule has 114 valence electrons. The van der Waals surface area contributed by atoms with Gasteiger partial charge in [0.1, 0.15) is 11.6 Å². The molecular weight excluding hydrogens is 296 g/mol. The van der Waals surface area contributed by atoms with Gasteiger partial charge in [-0.25, -0.2) is 17.6 Å². The number of nitrogens with one attached hydrogen (secondary N) is 1. The number of halogens is 5. The van der Waals surface area contributed by atoms with Gasteiger partial charge < -0.3 is 5.32 Å². The van der Waals surface area contributed by atoms with Crippen LogP contribution in [0.4, 0.5) is 17.6 Å². The summed E-state index contributed by atoms with van der Waals surface area (Å²) in [6.45, 7) is 2.28. The number of piperazine rings is 1. The van der Waals surface area contributed by atoms with Gasteiger partial charge in [-0.2, -0.15) is 0 Å². The molecule has 1 atom stereocenters. The summed E-state index contributed by atoms with van der Waals surface area (Å²) in [5.41, 5.74) is -0.246. The highest BCUT2D eigenvalue weighted by Crippen LogP contribution is 2.31. The predicted octanol–water partition coefficient (Wildman–Crippen LogP) is 2.99. The normalized spacial score (nSPS) is 17.9. The smallest absolute Gasteiger partial charge is 0.240 e. The molecule has 1 fully saturated rings. The lowest BCUT2D eigenvalue weighted by atomic mass is 10.00. The maximum Gasteiger partial charge on any atom is 0.240 e. The Balaban J connectivity index is 0.00000200. The Bertz CT molecular complexity index is 405. The highest BCUT2D eigenvalue weighted by atomic mass is 35.5. The molecule has 0 unspecified atom stereocenters. The largest absolute Gasteiger partial charge is 0.314 e. The Morgan fingerprint density at radius 2 is 1.65 bits per heavy atom. The van der Waals surface area contributed by atoms with Crippen molar-refractivity contribution in [2.75, 3.05) is 26.2 Å². The Morgan fingerprint density at radius 3 is 2.15 bits per heavy atom. The summed E-state index contributed by atoms with van der Waals surface area (Å²) in [4.78, 5) is 1.71. The van der Waals surface area contributed by atoms with Crippen LogP contribution in [0.5, 0.6) is 0 Å². The third kappa shape index (κ3) is 4.07. The molecule has 1 heterocycles. The first-order valence-electron chi connectivity index (χ1n) is 6.26. The highest BCUT2D eigenvalue weighted by Gasteiger charge is 2.29. The van der Waals surface area contributed by atoms with Crippen molar-refractivity contribution in [1.29, 1.82) is 0 Å². The monoisotopic (exact) mass is 312 g/mol. The van der Waals surface area contributed by atoms with Crippen molar-refractivity contribution >= 4 is 12.4 Å². The first kappa shape index (κ1) is 17.2. The van der Waals surface area contributed by atoms with Crippen molar-refractivity contribution < 1.29 is 17.6 Å². The number of hydrogen-bond acceptors (Lipinski definition) is 2. The van der Waals surface area contributed by atoms with E-state index in [9.17, 15) is 17.6 Å². The van der Waals surface area contributed by atoms with Gasteiger partial charge in [-0.3, -0.25) is 4.90 Å². The lowest BCUT2D eigenvalue weighted by Crippen LogP contribution is -2.46. The molecule has 2 rings (SSSR count). The average molecular weight is 313 g/mol. The van der Waals surface area contributed by atoms with Crippen LogP contribution < -0.4 is 5.32 Å². The maximum atomic E-state index is 13.8. The van der Waals surface area contributed by atoms with Gasteiger partial charge in [0.2, 0.25) is 6.43 Å². The summed E-state index contributed by atoms with van der Waals surface area (Å²) in [5.74, 6) is -1.52. The second-order valence-electron chi connectivity index (χ2n) is 4.56. The quantitative estimate of drug-likeness (QED) is 0.860. The highest BCUT2D eigenvalue weighted by molar-refractivity contribution is 5.85.